The molecule has 0 aliphatic carbocycles. The predicted molar refractivity (Wildman–Crippen MR) is 102 cm³/mol. The van der Waals surface area contributed by atoms with Crippen molar-refractivity contribution in [1.29, 1.82) is 5.26 Å². The van der Waals surface area contributed by atoms with Gasteiger partial charge in [0.2, 0.25) is 0 Å². The van der Waals surface area contributed by atoms with Gasteiger partial charge in [-0.3, -0.25) is 4.79 Å². The zero-order valence-corrected chi connectivity index (χ0v) is 15.9. The molecule has 0 saturated heterocycles. The van der Waals surface area contributed by atoms with Crippen LogP contribution in [-0.2, 0) is 27.3 Å². The number of nitrogens with zero attached hydrogens (tertiary/aromatic N) is 2. The number of anilines is 1. The predicted octanol–water partition coefficient (Wildman–Crippen LogP) is 3.20. The summed E-state index contributed by atoms with van der Waals surface area (Å²) >= 11 is 0.942. The molecule has 0 radical (unpaired) electrons. The van der Waals surface area contributed by atoms with Gasteiger partial charge in [0.25, 0.3) is 0 Å². The van der Waals surface area contributed by atoms with E-state index in [-0.39, 0.29) is 47.1 Å². The van der Waals surface area contributed by atoms with E-state index in [1.807, 2.05) is 24.3 Å². The minimum Gasteiger partial charge on any atom is -0.462 e. The van der Waals surface area contributed by atoms with E-state index in [9.17, 15) is 14.9 Å². The van der Waals surface area contributed by atoms with Gasteiger partial charge in [0.1, 0.15) is 28.1 Å². The van der Waals surface area contributed by atoms with Gasteiger partial charge >= 0.3 is 11.9 Å². The second kappa shape index (κ2) is 8.54. The van der Waals surface area contributed by atoms with Crippen LogP contribution in [0.3, 0.4) is 0 Å². The Labute approximate surface area is 164 Å². The van der Waals surface area contributed by atoms with Gasteiger partial charge in [-0.05, 0) is 19.1 Å². The first-order valence-electron chi connectivity index (χ1n) is 8.51. The summed E-state index contributed by atoms with van der Waals surface area (Å²) in [7, 11) is 0. The van der Waals surface area contributed by atoms with Crippen molar-refractivity contribution < 1.29 is 23.5 Å². The van der Waals surface area contributed by atoms with Crippen molar-refractivity contribution in [2.24, 2.45) is 0 Å². The Bertz CT molecular complexity index is 1030. The lowest BCUT2D eigenvalue weighted by Gasteiger charge is -2.06. The summed E-state index contributed by atoms with van der Waals surface area (Å²) in [6.07, 6.45) is 0.318. The van der Waals surface area contributed by atoms with Crippen LogP contribution in [-0.4, -0.2) is 23.5 Å². The summed E-state index contributed by atoms with van der Waals surface area (Å²) in [4.78, 5) is 28.6. The zero-order valence-electron chi connectivity index (χ0n) is 15.1. The van der Waals surface area contributed by atoms with Crippen LogP contribution in [0.25, 0.3) is 11.1 Å². The van der Waals surface area contributed by atoms with Gasteiger partial charge in [-0.15, -0.1) is 11.3 Å². The zero-order chi connectivity index (χ0) is 20.1. The number of hydrogen-bond donors (Lipinski definition) is 1. The number of oxazole rings is 1. The van der Waals surface area contributed by atoms with Crippen molar-refractivity contribution in [3.8, 4) is 6.07 Å². The lowest BCUT2D eigenvalue weighted by molar-refractivity contribution is -0.145. The molecule has 2 N–H and O–H groups in total. The van der Waals surface area contributed by atoms with Gasteiger partial charge in [-0.2, -0.15) is 5.26 Å². The molecule has 0 saturated carbocycles. The first-order valence-corrected chi connectivity index (χ1v) is 9.33. The number of thiophene rings is 1. The number of carbonyl (C=O) groups is 2. The van der Waals surface area contributed by atoms with Crippen molar-refractivity contribution in [2.45, 2.75) is 26.4 Å². The third kappa shape index (κ3) is 4.13. The van der Waals surface area contributed by atoms with Gasteiger partial charge in [-0.25, -0.2) is 9.78 Å². The molecule has 0 unspecified atom stereocenters. The molecular formula is C19H17N3O5S. The Morgan fingerprint density at radius 1 is 1.32 bits per heavy atom. The maximum atomic E-state index is 12.1. The van der Waals surface area contributed by atoms with Crippen LogP contribution in [0.4, 0.5) is 5.00 Å². The highest BCUT2D eigenvalue weighted by Crippen LogP contribution is 2.32. The molecule has 3 aromatic rings. The van der Waals surface area contributed by atoms with E-state index >= 15 is 0 Å². The van der Waals surface area contributed by atoms with Crippen LogP contribution in [0.1, 0.15) is 40.0 Å². The summed E-state index contributed by atoms with van der Waals surface area (Å²) in [5.41, 5.74) is 7.55. The van der Waals surface area contributed by atoms with Crippen LogP contribution in [0, 0.1) is 11.3 Å². The largest absolute Gasteiger partial charge is 0.462 e. The molecule has 3 rings (SSSR count). The van der Waals surface area contributed by atoms with E-state index in [0.29, 0.717) is 11.5 Å². The molecule has 1 aromatic carbocycles. The van der Waals surface area contributed by atoms with Gasteiger partial charge < -0.3 is 19.6 Å². The molecule has 0 spiro atoms. The molecule has 0 bridgehead atoms. The summed E-state index contributed by atoms with van der Waals surface area (Å²) < 4.78 is 15.8. The number of carbonyl (C=O) groups excluding carboxylic acids is 2. The number of benzene rings is 1. The van der Waals surface area contributed by atoms with Crippen molar-refractivity contribution in [1.82, 2.24) is 4.98 Å². The van der Waals surface area contributed by atoms with E-state index in [2.05, 4.69) is 4.98 Å². The standard InChI is InChI=1S/C19H17N3O5S/c1-2-25-19(24)17-12(11(9-20)18(21)28-17)10-26-16(23)8-7-15-22-13-5-3-4-6-14(13)27-15/h3-6H,2,7-8,10,21H2,1H3. The quantitative estimate of drug-likeness (QED) is 0.600. The van der Waals surface area contributed by atoms with E-state index < -0.39 is 11.9 Å². The monoisotopic (exact) mass is 399 g/mol. The van der Waals surface area contributed by atoms with E-state index in [1.54, 1.807) is 13.0 Å². The first kappa shape index (κ1) is 19.4. The number of para-hydroxylation sites is 2. The molecule has 144 valence electrons. The van der Waals surface area contributed by atoms with Crippen molar-refractivity contribution in [3.63, 3.8) is 0 Å². The minimum atomic E-state index is -0.599. The fraction of sp³-hybridized carbons (Fsp3) is 0.263. The molecule has 0 atom stereocenters. The molecule has 0 aliphatic rings. The third-order valence-electron chi connectivity index (χ3n) is 3.87. The Kier molecular flexibility index (Phi) is 5.91. The average Bonchev–Trinajstić information content (AvgIpc) is 3.24. The normalized spacial score (nSPS) is 10.6. The van der Waals surface area contributed by atoms with Gasteiger partial charge in [0.15, 0.2) is 11.5 Å². The third-order valence-corrected chi connectivity index (χ3v) is 4.91. The molecule has 9 heteroatoms. The lowest BCUT2D eigenvalue weighted by Crippen LogP contribution is -2.10. The topological polar surface area (TPSA) is 128 Å². The number of rotatable bonds is 7. The highest BCUT2D eigenvalue weighted by atomic mass is 32.1. The number of fused-ring (bicyclic) bond motifs is 1. The highest BCUT2D eigenvalue weighted by molar-refractivity contribution is 7.18. The van der Waals surface area contributed by atoms with Crippen LogP contribution in [0.2, 0.25) is 0 Å². The minimum absolute atomic E-state index is 0.0447. The van der Waals surface area contributed by atoms with Crippen molar-refractivity contribution in [2.75, 3.05) is 12.3 Å². The van der Waals surface area contributed by atoms with Crippen LogP contribution >= 0.6 is 11.3 Å². The smallest absolute Gasteiger partial charge is 0.348 e. The van der Waals surface area contributed by atoms with E-state index in [0.717, 1.165) is 16.9 Å². The molecule has 28 heavy (non-hydrogen) atoms. The maximum Gasteiger partial charge on any atom is 0.348 e. The van der Waals surface area contributed by atoms with Crippen molar-refractivity contribution >= 4 is 39.4 Å². The second-order valence-corrected chi connectivity index (χ2v) is 6.77. The fourth-order valence-corrected chi connectivity index (χ4v) is 3.48. The maximum absolute atomic E-state index is 12.1. The molecular weight excluding hydrogens is 382 g/mol. The number of esters is 2. The summed E-state index contributed by atoms with van der Waals surface area (Å²) in [6.45, 7) is 1.62. The van der Waals surface area contributed by atoms with Crippen LogP contribution < -0.4 is 5.73 Å². The number of nitriles is 1. The molecule has 0 fully saturated rings. The average molecular weight is 399 g/mol. The number of hydrogen-bond acceptors (Lipinski definition) is 9. The van der Waals surface area contributed by atoms with Crippen LogP contribution in [0.15, 0.2) is 28.7 Å². The Hall–Kier alpha value is -3.38. The number of ether oxygens (including phenoxy) is 2. The Morgan fingerprint density at radius 3 is 2.82 bits per heavy atom. The summed E-state index contributed by atoms with van der Waals surface area (Å²) in [6, 6.07) is 9.25. The van der Waals surface area contributed by atoms with E-state index in [4.69, 9.17) is 19.6 Å². The molecule has 2 heterocycles. The number of aromatic nitrogens is 1. The molecule has 0 amide bonds. The Balaban J connectivity index is 1.64. The molecule has 8 nitrogen and oxygen atoms in total. The van der Waals surface area contributed by atoms with Gasteiger partial charge in [0, 0.05) is 12.0 Å². The van der Waals surface area contributed by atoms with Crippen LogP contribution in [0.5, 0.6) is 0 Å². The number of aryl methyl sites for hydroxylation is 1. The lowest BCUT2D eigenvalue weighted by atomic mass is 10.1. The summed E-state index contributed by atoms with van der Waals surface area (Å²) in [5.74, 6) is -0.674. The van der Waals surface area contributed by atoms with Crippen molar-refractivity contribution in [3.05, 3.63) is 46.2 Å². The Morgan fingerprint density at radius 2 is 2.11 bits per heavy atom. The highest BCUT2D eigenvalue weighted by Gasteiger charge is 2.24. The number of nitrogen functional groups attached to an aromatic ring is 1. The molecule has 0 aliphatic heterocycles. The van der Waals surface area contributed by atoms with Gasteiger partial charge in [0.05, 0.1) is 18.6 Å². The fourth-order valence-electron chi connectivity index (χ4n) is 2.57. The summed E-state index contributed by atoms with van der Waals surface area (Å²) in [5, 5.41) is 9.46. The first-order chi connectivity index (χ1) is 13.5. The second-order valence-electron chi connectivity index (χ2n) is 5.72. The van der Waals surface area contributed by atoms with E-state index in [1.165, 1.54) is 0 Å². The number of nitrogens with two attached hydrogens (primary N) is 1. The SMILES string of the molecule is CCOC(=O)c1sc(N)c(C#N)c1COC(=O)CCc1nc2ccccc2o1. The molecule has 2 aromatic heterocycles. The van der Waals surface area contributed by atoms with Gasteiger partial charge in [-0.1, -0.05) is 12.1 Å².